The topological polar surface area (TPSA) is 102 Å². The maximum Gasteiger partial charge on any atom is 0.419 e. The number of nitrogens with one attached hydrogen (secondary N) is 2. The van der Waals surface area contributed by atoms with E-state index in [2.05, 4.69) is 15.8 Å². The van der Waals surface area contributed by atoms with Gasteiger partial charge in [-0.2, -0.15) is 4.98 Å². The van der Waals surface area contributed by atoms with E-state index < -0.39 is 5.76 Å². The van der Waals surface area contributed by atoms with Crippen LogP contribution in [0.15, 0.2) is 62.2 Å². The monoisotopic (exact) mass is 338 g/mol. The maximum absolute atomic E-state index is 12.0. The summed E-state index contributed by atoms with van der Waals surface area (Å²) in [7, 11) is 0. The molecule has 0 radical (unpaired) electrons. The molecule has 4 rings (SSSR count). The Morgan fingerprint density at radius 1 is 1.04 bits per heavy atom. The third kappa shape index (κ3) is 2.97. The van der Waals surface area contributed by atoms with Crippen LogP contribution in [0.4, 0.5) is 6.01 Å². The number of benzene rings is 2. The summed E-state index contributed by atoms with van der Waals surface area (Å²) >= 11 is 0. The Bertz CT molecular complexity index is 1080. The van der Waals surface area contributed by atoms with Crippen LogP contribution in [0.5, 0.6) is 0 Å². The van der Waals surface area contributed by atoms with Crippen LogP contribution < -0.4 is 16.6 Å². The number of amides is 1. The molecule has 4 aromatic rings. The number of hydrogen-bond donors (Lipinski definition) is 2. The van der Waals surface area contributed by atoms with E-state index in [1.54, 1.807) is 24.3 Å². The number of para-hydroxylation sites is 4. The first kappa shape index (κ1) is 15.0. The third-order valence-electron chi connectivity index (χ3n) is 3.74. The van der Waals surface area contributed by atoms with Gasteiger partial charge in [0, 0.05) is 13.0 Å². The van der Waals surface area contributed by atoms with Crippen molar-refractivity contribution in [2.24, 2.45) is 0 Å². The molecule has 2 aromatic heterocycles. The van der Waals surface area contributed by atoms with E-state index in [9.17, 15) is 9.59 Å². The Balaban J connectivity index is 1.39. The molecule has 0 aliphatic carbocycles. The minimum absolute atomic E-state index is 0.0939. The van der Waals surface area contributed by atoms with Crippen LogP contribution in [0.1, 0.15) is 6.42 Å². The predicted molar refractivity (Wildman–Crippen MR) is 90.9 cm³/mol. The highest BCUT2D eigenvalue weighted by atomic mass is 16.4. The molecule has 0 bridgehead atoms. The molecule has 1 amide bonds. The molecule has 0 saturated carbocycles. The minimum atomic E-state index is -0.485. The molecular formula is C17H14N4O4. The Hall–Kier alpha value is -3.55. The van der Waals surface area contributed by atoms with Crippen LogP contribution in [0.3, 0.4) is 0 Å². The van der Waals surface area contributed by atoms with Crippen molar-refractivity contribution in [2.45, 2.75) is 13.0 Å². The zero-order chi connectivity index (χ0) is 17.2. The van der Waals surface area contributed by atoms with Gasteiger partial charge < -0.3 is 8.83 Å². The smallest absolute Gasteiger partial charge is 0.419 e. The van der Waals surface area contributed by atoms with Gasteiger partial charge in [-0.05, 0) is 24.3 Å². The largest absolute Gasteiger partial charge is 0.422 e. The first-order chi connectivity index (χ1) is 12.2. The first-order valence-corrected chi connectivity index (χ1v) is 7.69. The van der Waals surface area contributed by atoms with Crippen LogP contribution >= 0.6 is 0 Å². The van der Waals surface area contributed by atoms with E-state index in [1.807, 2.05) is 24.3 Å². The van der Waals surface area contributed by atoms with Gasteiger partial charge in [0.05, 0.1) is 5.52 Å². The van der Waals surface area contributed by atoms with Gasteiger partial charge in [-0.1, -0.05) is 24.3 Å². The number of fused-ring (bicyclic) bond motifs is 2. The average Bonchev–Trinajstić information content (AvgIpc) is 3.18. The Labute approximate surface area is 141 Å². The van der Waals surface area contributed by atoms with E-state index in [4.69, 9.17) is 8.83 Å². The van der Waals surface area contributed by atoms with Crippen LogP contribution in [0, 0.1) is 0 Å². The summed E-state index contributed by atoms with van der Waals surface area (Å²) < 4.78 is 12.0. The molecule has 8 nitrogen and oxygen atoms in total. The number of oxazole rings is 2. The van der Waals surface area contributed by atoms with Crippen LogP contribution in [0.25, 0.3) is 22.2 Å². The fraction of sp³-hybridized carbons (Fsp3) is 0.118. The Morgan fingerprint density at radius 3 is 2.64 bits per heavy atom. The number of carbonyl (C=O) groups is 1. The van der Waals surface area contributed by atoms with Gasteiger partial charge in [-0.3, -0.25) is 20.2 Å². The second-order valence-electron chi connectivity index (χ2n) is 5.40. The van der Waals surface area contributed by atoms with Crippen molar-refractivity contribution in [3.8, 4) is 0 Å². The molecule has 0 aliphatic heterocycles. The molecule has 0 spiro atoms. The van der Waals surface area contributed by atoms with Gasteiger partial charge in [0.2, 0.25) is 5.91 Å². The lowest BCUT2D eigenvalue weighted by atomic mass is 10.3. The van der Waals surface area contributed by atoms with Crippen LogP contribution in [0.2, 0.25) is 0 Å². The molecule has 0 aliphatic rings. The van der Waals surface area contributed by atoms with Gasteiger partial charge in [-0.15, -0.1) is 0 Å². The van der Waals surface area contributed by atoms with Crippen molar-refractivity contribution in [1.82, 2.24) is 15.0 Å². The van der Waals surface area contributed by atoms with Crippen molar-refractivity contribution in [1.29, 1.82) is 0 Å². The molecule has 126 valence electrons. The van der Waals surface area contributed by atoms with E-state index >= 15 is 0 Å². The zero-order valence-electron chi connectivity index (χ0n) is 13.1. The molecule has 0 saturated heterocycles. The summed E-state index contributed by atoms with van der Waals surface area (Å²) in [5.41, 5.74) is 7.59. The fourth-order valence-electron chi connectivity index (χ4n) is 2.55. The summed E-state index contributed by atoms with van der Waals surface area (Å²) in [6.45, 7) is 0.205. The second-order valence-corrected chi connectivity index (χ2v) is 5.40. The highest BCUT2D eigenvalue weighted by Crippen LogP contribution is 2.17. The fourth-order valence-corrected chi connectivity index (χ4v) is 2.55. The van der Waals surface area contributed by atoms with E-state index in [1.165, 1.54) is 4.57 Å². The summed E-state index contributed by atoms with van der Waals surface area (Å²) in [6.07, 6.45) is 0.0939. The Morgan fingerprint density at radius 2 is 1.80 bits per heavy atom. The lowest BCUT2D eigenvalue weighted by Gasteiger charge is -2.05. The molecule has 0 unspecified atom stereocenters. The normalized spacial score (nSPS) is 11.0. The van der Waals surface area contributed by atoms with E-state index in [0.29, 0.717) is 22.2 Å². The number of hydrazine groups is 1. The average molecular weight is 338 g/mol. The first-order valence-electron chi connectivity index (χ1n) is 7.69. The number of aryl methyl sites for hydroxylation is 1. The van der Waals surface area contributed by atoms with Crippen molar-refractivity contribution < 1.29 is 13.6 Å². The van der Waals surface area contributed by atoms with Crippen LogP contribution in [-0.4, -0.2) is 15.5 Å². The summed E-state index contributed by atoms with van der Waals surface area (Å²) in [6, 6.07) is 14.5. The summed E-state index contributed by atoms with van der Waals surface area (Å²) in [5, 5.41) is 0. The molecule has 2 N–H and O–H groups in total. The van der Waals surface area contributed by atoms with Crippen molar-refractivity contribution >= 4 is 34.1 Å². The molecule has 2 heterocycles. The summed E-state index contributed by atoms with van der Waals surface area (Å²) in [4.78, 5) is 28.0. The van der Waals surface area contributed by atoms with E-state index in [0.717, 1.165) is 0 Å². The molecule has 25 heavy (non-hydrogen) atoms. The van der Waals surface area contributed by atoms with Gasteiger partial charge in [0.15, 0.2) is 11.2 Å². The van der Waals surface area contributed by atoms with Crippen molar-refractivity contribution in [3.05, 3.63) is 59.1 Å². The lowest BCUT2D eigenvalue weighted by molar-refractivity contribution is -0.120. The molecular weight excluding hydrogens is 324 g/mol. The number of aromatic nitrogens is 2. The van der Waals surface area contributed by atoms with Crippen molar-refractivity contribution in [3.63, 3.8) is 0 Å². The SMILES string of the molecule is O=C(CCn1c(=O)oc2ccccc21)NNc1nc2ccccc2o1. The molecule has 2 aromatic carbocycles. The molecule has 0 fully saturated rings. The number of nitrogens with zero attached hydrogens (tertiary/aromatic N) is 2. The van der Waals surface area contributed by atoms with Crippen molar-refractivity contribution in [2.75, 3.05) is 5.43 Å². The number of anilines is 1. The van der Waals surface area contributed by atoms with Gasteiger partial charge in [0.25, 0.3) is 0 Å². The van der Waals surface area contributed by atoms with Gasteiger partial charge in [-0.25, -0.2) is 4.79 Å². The lowest BCUT2D eigenvalue weighted by Crippen LogP contribution is -2.31. The molecule has 0 atom stereocenters. The minimum Gasteiger partial charge on any atom is -0.422 e. The quantitative estimate of drug-likeness (QED) is 0.541. The third-order valence-corrected chi connectivity index (χ3v) is 3.74. The van der Waals surface area contributed by atoms with Gasteiger partial charge >= 0.3 is 11.8 Å². The second kappa shape index (κ2) is 6.16. The van der Waals surface area contributed by atoms with Gasteiger partial charge in [0.1, 0.15) is 5.52 Å². The Kier molecular flexibility index (Phi) is 3.70. The van der Waals surface area contributed by atoms with E-state index in [-0.39, 0.29) is 24.9 Å². The number of carbonyl (C=O) groups excluding carboxylic acids is 1. The zero-order valence-corrected chi connectivity index (χ0v) is 13.1. The summed E-state index contributed by atoms with van der Waals surface area (Å²) in [5.74, 6) is -0.791. The molecule has 8 heteroatoms. The maximum atomic E-state index is 12.0. The number of rotatable bonds is 5. The van der Waals surface area contributed by atoms with Crippen LogP contribution in [-0.2, 0) is 11.3 Å². The highest BCUT2D eigenvalue weighted by Gasteiger charge is 2.11. The number of hydrogen-bond acceptors (Lipinski definition) is 6. The standard InChI is InChI=1S/C17H14N4O4/c22-15(19-20-16-18-11-5-1-3-7-13(11)24-16)9-10-21-12-6-2-4-8-14(12)25-17(21)23/h1-8H,9-10H2,(H,18,20)(H,19,22). The highest BCUT2D eigenvalue weighted by molar-refractivity contribution is 5.78. The predicted octanol–water partition coefficient (Wildman–Crippen LogP) is 2.27.